The molecule has 2 aliphatic carbocycles. The molecule has 3 fully saturated rings. The molecular formula is C20H28N2O. The third-order valence-corrected chi connectivity index (χ3v) is 6.30. The molecule has 1 aliphatic heterocycles. The van der Waals surface area contributed by atoms with Crippen LogP contribution >= 0.6 is 0 Å². The first-order chi connectivity index (χ1) is 11.2. The van der Waals surface area contributed by atoms with Gasteiger partial charge < -0.3 is 5.32 Å². The highest BCUT2D eigenvalue weighted by molar-refractivity contribution is 5.82. The van der Waals surface area contributed by atoms with Crippen molar-refractivity contribution in [2.75, 3.05) is 6.54 Å². The SMILES string of the molecule is C[C@@H]1C[C@H](NC(=O)C2[C@H]3CCC[C@H]23)CCN1Cc1ccccc1. The molecule has 1 amide bonds. The van der Waals surface area contributed by atoms with E-state index in [2.05, 4.69) is 47.5 Å². The van der Waals surface area contributed by atoms with E-state index in [4.69, 9.17) is 0 Å². The van der Waals surface area contributed by atoms with E-state index < -0.39 is 0 Å². The summed E-state index contributed by atoms with van der Waals surface area (Å²) in [6.45, 7) is 4.40. The second-order valence-electron chi connectivity index (χ2n) is 7.82. The molecule has 1 N–H and O–H groups in total. The van der Waals surface area contributed by atoms with Crippen molar-refractivity contribution < 1.29 is 4.79 Å². The van der Waals surface area contributed by atoms with Gasteiger partial charge in [-0.25, -0.2) is 0 Å². The Morgan fingerprint density at radius 1 is 1.17 bits per heavy atom. The van der Waals surface area contributed by atoms with Crippen LogP contribution in [0.5, 0.6) is 0 Å². The van der Waals surface area contributed by atoms with Crippen molar-refractivity contribution in [1.29, 1.82) is 0 Å². The van der Waals surface area contributed by atoms with Crippen LogP contribution in [0.1, 0.15) is 44.6 Å². The van der Waals surface area contributed by atoms with Gasteiger partial charge in [0, 0.05) is 31.1 Å². The average Bonchev–Trinajstić information content (AvgIpc) is 3.04. The summed E-state index contributed by atoms with van der Waals surface area (Å²) < 4.78 is 0. The molecule has 1 aromatic rings. The molecule has 3 aliphatic rings. The predicted molar refractivity (Wildman–Crippen MR) is 91.8 cm³/mol. The number of likely N-dealkylation sites (tertiary alicyclic amines) is 1. The number of carbonyl (C=O) groups is 1. The summed E-state index contributed by atoms with van der Waals surface area (Å²) in [5.74, 6) is 2.17. The Morgan fingerprint density at radius 3 is 2.61 bits per heavy atom. The zero-order valence-corrected chi connectivity index (χ0v) is 14.1. The highest BCUT2D eigenvalue weighted by Crippen LogP contribution is 2.57. The Bertz CT molecular complexity index is 548. The van der Waals surface area contributed by atoms with E-state index in [-0.39, 0.29) is 0 Å². The summed E-state index contributed by atoms with van der Waals surface area (Å²) in [6, 6.07) is 11.6. The van der Waals surface area contributed by atoms with Crippen molar-refractivity contribution in [3.05, 3.63) is 35.9 Å². The number of hydrogen-bond acceptors (Lipinski definition) is 2. The lowest BCUT2D eigenvalue weighted by Crippen LogP contribution is -2.49. The van der Waals surface area contributed by atoms with Crippen molar-refractivity contribution in [2.24, 2.45) is 17.8 Å². The van der Waals surface area contributed by atoms with Gasteiger partial charge in [0.1, 0.15) is 0 Å². The van der Waals surface area contributed by atoms with Gasteiger partial charge in [-0.2, -0.15) is 0 Å². The van der Waals surface area contributed by atoms with Gasteiger partial charge in [-0.15, -0.1) is 0 Å². The third kappa shape index (κ3) is 3.16. The van der Waals surface area contributed by atoms with Gasteiger partial charge in [0.2, 0.25) is 5.91 Å². The van der Waals surface area contributed by atoms with Crippen molar-refractivity contribution in [1.82, 2.24) is 10.2 Å². The maximum absolute atomic E-state index is 12.4. The fraction of sp³-hybridized carbons (Fsp3) is 0.650. The van der Waals surface area contributed by atoms with E-state index in [9.17, 15) is 4.79 Å². The zero-order valence-electron chi connectivity index (χ0n) is 14.1. The Balaban J connectivity index is 1.27. The van der Waals surface area contributed by atoms with Crippen LogP contribution in [-0.2, 0) is 11.3 Å². The number of fused-ring (bicyclic) bond motifs is 1. The lowest BCUT2D eigenvalue weighted by molar-refractivity contribution is -0.124. The number of nitrogens with zero attached hydrogens (tertiary/aromatic N) is 1. The highest BCUT2D eigenvalue weighted by Gasteiger charge is 2.56. The standard InChI is InChI=1S/C20H28N2O/c1-14-12-16(21-20(23)19-17-8-5-9-18(17)19)10-11-22(14)13-15-6-3-2-4-7-15/h2-4,6-7,14,16-19H,5,8-13H2,1H3,(H,21,23)/t14-,16-,17+,18+/m1/s1. The minimum atomic E-state index is 0.355. The fourth-order valence-corrected chi connectivity index (χ4v) is 4.91. The van der Waals surface area contributed by atoms with Crippen molar-refractivity contribution in [3.63, 3.8) is 0 Å². The van der Waals surface area contributed by atoms with Crippen LogP contribution in [0.25, 0.3) is 0 Å². The maximum Gasteiger partial charge on any atom is 0.223 e. The van der Waals surface area contributed by atoms with Gasteiger partial charge in [0.05, 0.1) is 0 Å². The maximum atomic E-state index is 12.4. The Kier molecular flexibility index (Phi) is 4.14. The minimum Gasteiger partial charge on any atom is -0.353 e. The van der Waals surface area contributed by atoms with Gasteiger partial charge in [0.15, 0.2) is 0 Å². The predicted octanol–water partition coefficient (Wildman–Crippen LogP) is 3.20. The minimum absolute atomic E-state index is 0.355. The fourth-order valence-electron chi connectivity index (χ4n) is 4.91. The molecule has 1 aromatic carbocycles. The second kappa shape index (κ2) is 6.27. The molecule has 124 valence electrons. The number of carbonyl (C=O) groups excluding carboxylic acids is 1. The quantitative estimate of drug-likeness (QED) is 0.926. The van der Waals surface area contributed by atoms with Crippen LogP contribution in [0.3, 0.4) is 0 Å². The lowest BCUT2D eigenvalue weighted by atomic mass is 9.97. The molecule has 23 heavy (non-hydrogen) atoms. The first-order valence-electron chi connectivity index (χ1n) is 9.30. The van der Waals surface area contributed by atoms with Crippen LogP contribution in [0.2, 0.25) is 0 Å². The number of piperidine rings is 1. The van der Waals surface area contributed by atoms with E-state index in [0.717, 1.165) is 37.8 Å². The van der Waals surface area contributed by atoms with Crippen LogP contribution in [0.4, 0.5) is 0 Å². The highest BCUT2D eigenvalue weighted by atomic mass is 16.2. The number of amides is 1. The molecule has 3 nitrogen and oxygen atoms in total. The molecule has 0 radical (unpaired) electrons. The van der Waals surface area contributed by atoms with E-state index in [1.54, 1.807) is 0 Å². The largest absolute Gasteiger partial charge is 0.353 e. The van der Waals surface area contributed by atoms with Crippen LogP contribution in [-0.4, -0.2) is 29.4 Å². The normalized spacial score (nSPS) is 36.5. The Morgan fingerprint density at radius 2 is 1.91 bits per heavy atom. The summed E-state index contributed by atoms with van der Waals surface area (Å²) in [7, 11) is 0. The van der Waals surface area contributed by atoms with Gasteiger partial charge in [-0.3, -0.25) is 9.69 Å². The molecule has 0 bridgehead atoms. The smallest absolute Gasteiger partial charge is 0.223 e. The number of benzene rings is 1. The number of nitrogens with one attached hydrogen (secondary N) is 1. The molecule has 2 saturated carbocycles. The molecule has 4 rings (SSSR count). The Hall–Kier alpha value is -1.35. The van der Waals surface area contributed by atoms with Crippen LogP contribution in [0, 0.1) is 17.8 Å². The van der Waals surface area contributed by atoms with E-state index in [1.807, 2.05) is 0 Å². The molecule has 1 saturated heterocycles. The molecule has 4 atom stereocenters. The topological polar surface area (TPSA) is 32.3 Å². The van der Waals surface area contributed by atoms with Gasteiger partial charge in [0.25, 0.3) is 0 Å². The summed E-state index contributed by atoms with van der Waals surface area (Å²) in [5.41, 5.74) is 1.38. The van der Waals surface area contributed by atoms with Crippen molar-refractivity contribution >= 4 is 5.91 Å². The average molecular weight is 312 g/mol. The summed E-state index contributed by atoms with van der Waals surface area (Å²) in [6.07, 6.45) is 6.09. The van der Waals surface area contributed by atoms with E-state index >= 15 is 0 Å². The molecule has 0 unspecified atom stereocenters. The zero-order chi connectivity index (χ0) is 15.8. The van der Waals surface area contributed by atoms with Gasteiger partial charge in [-0.1, -0.05) is 36.8 Å². The van der Waals surface area contributed by atoms with Crippen LogP contribution < -0.4 is 5.32 Å². The third-order valence-electron chi connectivity index (χ3n) is 6.30. The van der Waals surface area contributed by atoms with Crippen LogP contribution in [0.15, 0.2) is 30.3 Å². The van der Waals surface area contributed by atoms with Gasteiger partial charge >= 0.3 is 0 Å². The lowest BCUT2D eigenvalue weighted by Gasteiger charge is -2.38. The van der Waals surface area contributed by atoms with Gasteiger partial charge in [-0.05, 0) is 50.0 Å². The molecular weight excluding hydrogens is 284 g/mol. The molecule has 1 heterocycles. The van der Waals surface area contributed by atoms with E-state index in [0.29, 0.717) is 23.9 Å². The van der Waals surface area contributed by atoms with Crippen molar-refractivity contribution in [2.45, 2.75) is 57.7 Å². The first kappa shape index (κ1) is 15.2. The second-order valence-corrected chi connectivity index (χ2v) is 7.82. The monoisotopic (exact) mass is 312 g/mol. The summed E-state index contributed by atoms with van der Waals surface area (Å²) in [5, 5.41) is 3.36. The number of rotatable bonds is 4. The Labute approximate surface area is 139 Å². The molecule has 0 spiro atoms. The van der Waals surface area contributed by atoms with E-state index in [1.165, 1.54) is 24.8 Å². The first-order valence-corrected chi connectivity index (χ1v) is 9.30. The number of hydrogen-bond donors (Lipinski definition) is 1. The molecule has 0 aromatic heterocycles. The van der Waals surface area contributed by atoms with Crippen molar-refractivity contribution in [3.8, 4) is 0 Å². The molecule has 3 heteroatoms. The summed E-state index contributed by atoms with van der Waals surface area (Å²) in [4.78, 5) is 15.0. The summed E-state index contributed by atoms with van der Waals surface area (Å²) >= 11 is 0.